The third-order valence-corrected chi connectivity index (χ3v) is 3.23. The van der Waals surface area contributed by atoms with Gasteiger partial charge >= 0.3 is 0 Å². The minimum atomic E-state index is -1.67. The Labute approximate surface area is 113 Å². The second-order valence-electron chi connectivity index (χ2n) is 5.16. The van der Waals surface area contributed by atoms with E-state index in [4.69, 9.17) is 0 Å². The third-order valence-electron chi connectivity index (χ3n) is 3.23. The fourth-order valence-corrected chi connectivity index (χ4v) is 2.08. The average molecular weight is 286 g/mol. The number of hydrogen-bond acceptors (Lipinski definition) is 2. The summed E-state index contributed by atoms with van der Waals surface area (Å²) in [5.74, 6) is -5.62. The maximum Gasteiger partial charge on any atom is 0.252 e. The number of anilines is 1. The quantitative estimate of drug-likeness (QED) is 0.799. The Hall–Kier alpha value is -2.05. The summed E-state index contributed by atoms with van der Waals surface area (Å²) < 4.78 is 40.1. The van der Waals surface area contributed by atoms with Crippen LogP contribution in [0.25, 0.3) is 0 Å². The van der Waals surface area contributed by atoms with Crippen LogP contribution in [0.15, 0.2) is 12.1 Å². The molecule has 1 saturated heterocycles. The molecule has 1 aliphatic rings. The normalized spacial score (nSPS) is 21.9. The fraction of sp³-hybridized carbons (Fsp3) is 0.385. The molecule has 4 nitrogen and oxygen atoms in total. The fourth-order valence-electron chi connectivity index (χ4n) is 2.08. The molecule has 2 amide bonds. The van der Waals surface area contributed by atoms with Crippen molar-refractivity contribution in [3.8, 4) is 0 Å². The highest BCUT2D eigenvalue weighted by Gasteiger charge is 2.45. The molecule has 0 aromatic heterocycles. The molecular formula is C13H13F3N2O2. The Morgan fingerprint density at radius 1 is 1.15 bits per heavy atom. The average Bonchev–Trinajstić information content (AvgIpc) is 2.36. The Morgan fingerprint density at radius 3 is 2.35 bits per heavy atom. The lowest BCUT2D eigenvalue weighted by Gasteiger charge is -2.41. The first-order valence-electron chi connectivity index (χ1n) is 5.96. The van der Waals surface area contributed by atoms with E-state index >= 15 is 0 Å². The lowest BCUT2D eigenvalue weighted by Crippen LogP contribution is -2.67. The molecular weight excluding hydrogens is 273 g/mol. The zero-order chi connectivity index (χ0) is 15.2. The molecule has 1 fully saturated rings. The monoisotopic (exact) mass is 286 g/mol. The Morgan fingerprint density at radius 2 is 1.75 bits per heavy atom. The molecule has 0 saturated carbocycles. The number of carbonyl (C=O) groups is 2. The first-order chi connectivity index (χ1) is 9.16. The van der Waals surface area contributed by atoms with Crippen LogP contribution in [0.2, 0.25) is 0 Å². The lowest BCUT2D eigenvalue weighted by molar-refractivity contribution is -0.136. The minimum absolute atomic E-state index is 0.454. The van der Waals surface area contributed by atoms with E-state index in [1.54, 1.807) is 0 Å². The van der Waals surface area contributed by atoms with Crippen LogP contribution in [0, 0.1) is 17.5 Å². The Kier molecular flexibility index (Phi) is 3.23. The molecule has 0 aliphatic carbocycles. The minimum Gasteiger partial charge on any atom is -0.340 e. The topological polar surface area (TPSA) is 49.4 Å². The Balaban J connectivity index is 2.57. The van der Waals surface area contributed by atoms with Crippen LogP contribution in [0.4, 0.5) is 18.9 Å². The van der Waals surface area contributed by atoms with Crippen molar-refractivity contribution in [3.05, 3.63) is 29.6 Å². The molecule has 0 radical (unpaired) electrons. The summed E-state index contributed by atoms with van der Waals surface area (Å²) in [7, 11) is 0. The van der Waals surface area contributed by atoms with Crippen LogP contribution in [0.1, 0.15) is 20.8 Å². The number of hydrogen-bond donors (Lipinski definition) is 1. The van der Waals surface area contributed by atoms with E-state index in [0.29, 0.717) is 6.07 Å². The van der Waals surface area contributed by atoms with E-state index in [-0.39, 0.29) is 0 Å². The van der Waals surface area contributed by atoms with E-state index in [1.165, 1.54) is 20.8 Å². The zero-order valence-electron chi connectivity index (χ0n) is 11.1. The van der Waals surface area contributed by atoms with Crippen molar-refractivity contribution in [1.82, 2.24) is 5.32 Å². The van der Waals surface area contributed by atoms with Crippen molar-refractivity contribution in [2.75, 3.05) is 4.90 Å². The number of piperazine rings is 1. The van der Waals surface area contributed by atoms with Gasteiger partial charge < -0.3 is 5.32 Å². The summed E-state index contributed by atoms with van der Waals surface area (Å²) in [5.41, 5.74) is -1.70. The number of benzene rings is 1. The lowest BCUT2D eigenvalue weighted by atomic mass is 9.96. The second-order valence-corrected chi connectivity index (χ2v) is 5.16. The van der Waals surface area contributed by atoms with Gasteiger partial charge in [0.1, 0.15) is 11.6 Å². The zero-order valence-corrected chi connectivity index (χ0v) is 11.1. The SMILES string of the molecule is CC1C(=O)NC(C)(C)C(=O)N1c1ccc(F)c(F)c1F. The molecule has 0 spiro atoms. The summed E-state index contributed by atoms with van der Waals surface area (Å²) in [6.45, 7) is 4.27. The first-order valence-corrected chi connectivity index (χ1v) is 5.96. The van der Waals surface area contributed by atoms with Crippen molar-refractivity contribution >= 4 is 17.5 Å². The maximum atomic E-state index is 13.8. The smallest absolute Gasteiger partial charge is 0.252 e. The van der Waals surface area contributed by atoms with Crippen molar-refractivity contribution in [3.63, 3.8) is 0 Å². The van der Waals surface area contributed by atoms with Gasteiger partial charge in [-0.2, -0.15) is 0 Å². The summed E-state index contributed by atoms with van der Waals surface area (Å²) >= 11 is 0. The van der Waals surface area contributed by atoms with Crippen LogP contribution in [0.3, 0.4) is 0 Å². The van der Waals surface area contributed by atoms with Crippen molar-refractivity contribution in [2.24, 2.45) is 0 Å². The van der Waals surface area contributed by atoms with Gasteiger partial charge in [-0.1, -0.05) is 0 Å². The van der Waals surface area contributed by atoms with Crippen molar-refractivity contribution in [1.29, 1.82) is 0 Å². The van der Waals surface area contributed by atoms with E-state index in [1.807, 2.05) is 0 Å². The van der Waals surface area contributed by atoms with Gasteiger partial charge in [0.25, 0.3) is 5.91 Å². The summed E-state index contributed by atoms with van der Waals surface area (Å²) in [6.07, 6.45) is 0. The summed E-state index contributed by atoms with van der Waals surface area (Å²) in [6, 6.07) is 0.638. The van der Waals surface area contributed by atoms with E-state index in [0.717, 1.165) is 11.0 Å². The number of nitrogens with one attached hydrogen (secondary N) is 1. The highest BCUT2D eigenvalue weighted by atomic mass is 19.2. The summed E-state index contributed by atoms with van der Waals surface area (Å²) in [5, 5.41) is 2.48. The van der Waals surface area contributed by atoms with Crippen LogP contribution >= 0.6 is 0 Å². The molecule has 1 aliphatic heterocycles. The number of carbonyl (C=O) groups excluding carboxylic acids is 2. The summed E-state index contributed by atoms with van der Waals surface area (Å²) in [4.78, 5) is 24.9. The first kappa shape index (κ1) is 14.4. The van der Waals surface area contributed by atoms with E-state index < -0.39 is 46.5 Å². The molecule has 1 heterocycles. The van der Waals surface area contributed by atoms with Gasteiger partial charge in [0, 0.05) is 0 Å². The highest BCUT2D eigenvalue weighted by Crippen LogP contribution is 2.29. The van der Waals surface area contributed by atoms with Gasteiger partial charge in [-0.15, -0.1) is 0 Å². The predicted octanol–water partition coefficient (Wildman–Crippen LogP) is 1.73. The maximum absolute atomic E-state index is 13.8. The molecule has 1 N–H and O–H groups in total. The van der Waals surface area contributed by atoms with Crippen LogP contribution in [0.5, 0.6) is 0 Å². The Bertz CT molecular complexity index is 602. The highest BCUT2D eigenvalue weighted by molar-refractivity contribution is 6.10. The number of halogens is 3. The molecule has 20 heavy (non-hydrogen) atoms. The standard InChI is InChI=1S/C13H13F3N2O2/c1-6-11(19)17-13(2,3)12(20)18(6)8-5-4-7(14)9(15)10(8)16/h4-6H,1-3H3,(H,17,19). The van der Waals surface area contributed by atoms with Crippen molar-refractivity contribution in [2.45, 2.75) is 32.4 Å². The molecule has 108 valence electrons. The molecule has 1 aromatic rings. The van der Waals surface area contributed by atoms with Gasteiger partial charge in [0.2, 0.25) is 5.91 Å². The van der Waals surface area contributed by atoms with Gasteiger partial charge in [-0.25, -0.2) is 13.2 Å². The van der Waals surface area contributed by atoms with Gasteiger partial charge in [0.05, 0.1) is 5.69 Å². The van der Waals surface area contributed by atoms with Crippen LogP contribution in [-0.4, -0.2) is 23.4 Å². The van der Waals surface area contributed by atoms with E-state index in [9.17, 15) is 22.8 Å². The largest absolute Gasteiger partial charge is 0.340 e. The van der Waals surface area contributed by atoms with Gasteiger partial charge in [-0.3, -0.25) is 14.5 Å². The van der Waals surface area contributed by atoms with Gasteiger partial charge in [0.15, 0.2) is 17.5 Å². The molecule has 7 heteroatoms. The molecule has 1 unspecified atom stereocenters. The second kappa shape index (κ2) is 4.50. The van der Waals surface area contributed by atoms with Crippen LogP contribution < -0.4 is 10.2 Å². The van der Waals surface area contributed by atoms with Crippen LogP contribution in [-0.2, 0) is 9.59 Å². The van der Waals surface area contributed by atoms with Crippen molar-refractivity contribution < 1.29 is 22.8 Å². The molecule has 0 bridgehead atoms. The van der Waals surface area contributed by atoms with E-state index in [2.05, 4.69) is 5.32 Å². The molecule has 2 rings (SSSR count). The number of amides is 2. The number of rotatable bonds is 1. The van der Waals surface area contributed by atoms with Gasteiger partial charge in [-0.05, 0) is 32.9 Å². The molecule has 1 atom stereocenters. The number of nitrogens with zero attached hydrogens (tertiary/aromatic N) is 1. The predicted molar refractivity (Wildman–Crippen MR) is 65.5 cm³/mol. The molecule has 1 aromatic carbocycles. The third kappa shape index (κ3) is 2.03.